The lowest BCUT2D eigenvalue weighted by atomic mass is 9.96. The summed E-state index contributed by atoms with van der Waals surface area (Å²) in [7, 11) is 0. The average Bonchev–Trinajstić information content (AvgIpc) is 2.90. The number of benzene rings is 2. The van der Waals surface area contributed by atoms with E-state index in [1.54, 1.807) is 11.8 Å². The lowest BCUT2D eigenvalue weighted by Gasteiger charge is -2.45. The summed E-state index contributed by atoms with van der Waals surface area (Å²) in [6.45, 7) is 3.67. The molecule has 2 fully saturated rings. The van der Waals surface area contributed by atoms with Crippen molar-refractivity contribution in [2.45, 2.75) is 29.8 Å². The van der Waals surface area contributed by atoms with Gasteiger partial charge in [0.25, 0.3) is 0 Å². The molecule has 176 valence electrons. The Balaban J connectivity index is 1.22. The first kappa shape index (κ1) is 23.1. The Morgan fingerprint density at radius 2 is 1.53 bits per heavy atom. The van der Waals surface area contributed by atoms with Crippen molar-refractivity contribution in [3.63, 3.8) is 0 Å². The number of piperazine rings is 1. The second-order valence-corrected chi connectivity index (χ2v) is 9.85. The van der Waals surface area contributed by atoms with Crippen molar-refractivity contribution >= 4 is 17.7 Å². The smallest absolute Gasteiger partial charge is 0.223 e. The predicted molar refractivity (Wildman–Crippen MR) is 136 cm³/mol. The summed E-state index contributed by atoms with van der Waals surface area (Å²) in [5, 5.41) is 7.81. The summed E-state index contributed by atoms with van der Waals surface area (Å²) in [6.07, 6.45) is 2.19. The predicted octanol–water partition coefficient (Wildman–Crippen LogP) is 3.34. The zero-order valence-corrected chi connectivity index (χ0v) is 20.0. The van der Waals surface area contributed by atoms with Gasteiger partial charge in [0.05, 0.1) is 11.1 Å². The number of carbonyl (C=O) groups excluding carboxylic acids is 1. The fourth-order valence-corrected chi connectivity index (χ4v) is 5.72. The Bertz CT molecular complexity index is 1000. The maximum atomic E-state index is 12.5. The van der Waals surface area contributed by atoms with Crippen LogP contribution >= 0.6 is 11.8 Å². The molecule has 2 atom stereocenters. The minimum absolute atomic E-state index is 0.115. The van der Waals surface area contributed by atoms with Crippen LogP contribution in [0.3, 0.4) is 0 Å². The molecule has 3 heterocycles. The molecule has 2 unspecified atom stereocenters. The molecule has 1 aromatic heterocycles. The molecule has 2 aliphatic heterocycles. The van der Waals surface area contributed by atoms with E-state index >= 15 is 0 Å². The highest BCUT2D eigenvalue weighted by molar-refractivity contribution is 7.99. The van der Waals surface area contributed by atoms with E-state index in [1.807, 2.05) is 24.4 Å². The van der Waals surface area contributed by atoms with Crippen LogP contribution in [0.4, 0.5) is 0 Å². The van der Waals surface area contributed by atoms with Gasteiger partial charge in [0, 0.05) is 50.6 Å². The maximum Gasteiger partial charge on any atom is 0.223 e. The van der Waals surface area contributed by atoms with E-state index in [4.69, 9.17) is 0 Å². The van der Waals surface area contributed by atoms with Gasteiger partial charge in [0.15, 0.2) is 0 Å². The number of nitrogens with one attached hydrogen (secondary N) is 2. The number of pyridine rings is 1. The van der Waals surface area contributed by atoms with E-state index in [-0.39, 0.29) is 24.3 Å². The number of thioether (sulfide) groups is 1. The second-order valence-electron chi connectivity index (χ2n) is 8.81. The standard InChI is InChI=1S/C27H31N5OS/c33-24-19-23(20-34-25-13-7-8-14-28-25)29-27(30-24)32-17-15-31(16-18-32)26(21-9-3-1-4-10-21)22-11-5-2-6-12-22/h1-14,23,26-27,29H,15-20H2,(H,30,33). The molecule has 6 nitrogen and oxygen atoms in total. The molecule has 34 heavy (non-hydrogen) atoms. The van der Waals surface area contributed by atoms with Crippen LogP contribution in [0.1, 0.15) is 23.6 Å². The summed E-state index contributed by atoms with van der Waals surface area (Å²) in [5.41, 5.74) is 2.63. The summed E-state index contributed by atoms with van der Waals surface area (Å²) >= 11 is 1.70. The number of rotatable bonds is 7. The second kappa shape index (κ2) is 11.1. The van der Waals surface area contributed by atoms with Gasteiger partial charge in [0.2, 0.25) is 5.91 Å². The van der Waals surface area contributed by atoms with Crippen molar-refractivity contribution in [3.8, 4) is 0 Å². The Hall–Kier alpha value is -2.71. The van der Waals surface area contributed by atoms with Gasteiger partial charge in [-0.05, 0) is 23.3 Å². The summed E-state index contributed by atoms with van der Waals surface area (Å²) in [4.78, 5) is 21.8. The molecule has 0 radical (unpaired) electrons. The van der Waals surface area contributed by atoms with Gasteiger partial charge in [-0.25, -0.2) is 4.98 Å². The quantitative estimate of drug-likeness (QED) is 0.514. The Morgan fingerprint density at radius 3 is 2.15 bits per heavy atom. The third-order valence-electron chi connectivity index (χ3n) is 6.50. The molecule has 2 aliphatic rings. The monoisotopic (exact) mass is 473 g/mol. The first-order valence-corrected chi connectivity index (χ1v) is 12.9. The van der Waals surface area contributed by atoms with Crippen LogP contribution in [0.15, 0.2) is 90.1 Å². The lowest BCUT2D eigenvalue weighted by Crippen LogP contribution is -2.67. The average molecular weight is 474 g/mol. The molecule has 0 aliphatic carbocycles. The van der Waals surface area contributed by atoms with Crippen molar-refractivity contribution in [3.05, 3.63) is 96.2 Å². The molecule has 0 bridgehead atoms. The molecular formula is C27H31N5OS. The number of hydrogen-bond donors (Lipinski definition) is 2. The summed E-state index contributed by atoms with van der Waals surface area (Å²) in [5.74, 6) is 0.939. The molecular weight excluding hydrogens is 442 g/mol. The van der Waals surface area contributed by atoms with E-state index in [0.717, 1.165) is 37.0 Å². The molecule has 2 saturated heterocycles. The number of amides is 1. The zero-order valence-electron chi connectivity index (χ0n) is 19.2. The van der Waals surface area contributed by atoms with E-state index in [9.17, 15) is 4.79 Å². The van der Waals surface area contributed by atoms with Crippen LogP contribution in [0.2, 0.25) is 0 Å². The fourth-order valence-electron chi connectivity index (χ4n) is 4.82. The molecule has 0 spiro atoms. The van der Waals surface area contributed by atoms with Crippen LogP contribution < -0.4 is 10.6 Å². The maximum absolute atomic E-state index is 12.5. The Labute approximate surface area is 205 Å². The van der Waals surface area contributed by atoms with Crippen LogP contribution in [0.5, 0.6) is 0 Å². The SMILES string of the molecule is O=C1CC(CSc2ccccn2)NC(N2CCN(C(c3ccccc3)c3ccccc3)CC2)N1. The van der Waals surface area contributed by atoms with Gasteiger partial charge in [-0.1, -0.05) is 66.7 Å². The minimum Gasteiger partial charge on any atom is -0.328 e. The third-order valence-corrected chi connectivity index (χ3v) is 7.61. The van der Waals surface area contributed by atoms with Crippen molar-refractivity contribution in [1.29, 1.82) is 0 Å². The van der Waals surface area contributed by atoms with Gasteiger partial charge in [0.1, 0.15) is 6.29 Å². The van der Waals surface area contributed by atoms with Crippen molar-refractivity contribution in [2.24, 2.45) is 0 Å². The normalized spacial score (nSPS) is 22.0. The largest absolute Gasteiger partial charge is 0.328 e. The third kappa shape index (κ3) is 5.67. The lowest BCUT2D eigenvalue weighted by molar-refractivity contribution is -0.127. The van der Waals surface area contributed by atoms with E-state index < -0.39 is 0 Å². The molecule has 2 aromatic carbocycles. The van der Waals surface area contributed by atoms with Crippen molar-refractivity contribution in [1.82, 2.24) is 25.4 Å². The van der Waals surface area contributed by atoms with Crippen LogP contribution in [-0.2, 0) is 4.79 Å². The number of hydrogen-bond acceptors (Lipinski definition) is 6. The highest BCUT2D eigenvalue weighted by atomic mass is 32.2. The van der Waals surface area contributed by atoms with Gasteiger partial charge >= 0.3 is 0 Å². The highest BCUT2D eigenvalue weighted by Crippen LogP contribution is 2.29. The van der Waals surface area contributed by atoms with Crippen LogP contribution in [0, 0.1) is 0 Å². The van der Waals surface area contributed by atoms with E-state index in [0.29, 0.717) is 6.42 Å². The molecule has 1 amide bonds. The van der Waals surface area contributed by atoms with E-state index in [2.05, 4.69) is 86.1 Å². The number of aromatic nitrogens is 1. The molecule has 2 N–H and O–H groups in total. The van der Waals surface area contributed by atoms with Gasteiger partial charge in [-0.3, -0.25) is 19.9 Å². The highest BCUT2D eigenvalue weighted by Gasteiger charge is 2.33. The van der Waals surface area contributed by atoms with Gasteiger partial charge < -0.3 is 5.32 Å². The number of nitrogens with zero attached hydrogens (tertiary/aromatic N) is 3. The van der Waals surface area contributed by atoms with Crippen LogP contribution in [-0.4, -0.2) is 65.0 Å². The summed E-state index contributed by atoms with van der Waals surface area (Å²) < 4.78 is 0. The van der Waals surface area contributed by atoms with Gasteiger partial charge in [-0.2, -0.15) is 0 Å². The topological polar surface area (TPSA) is 60.5 Å². The number of carbonyl (C=O) groups is 1. The minimum atomic E-state index is -0.121. The first-order valence-electron chi connectivity index (χ1n) is 11.9. The Kier molecular flexibility index (Phi) is 7.56. The molecule has 3 aromatic rings. The van der Waals surface area contributed by atoms with E-state index in [1.165, 1.54) is 11.1 Å². The molecule has 5 rings (SSSR count). The van der Waals surface area contributed by atoms with Crippen molar-refractivity contribution < 1.29 is 4.79 Å². The zero-order chi connectivity index (χ0) is 23.2. The molecule has 7 heteroatoms. The first-order chi connectivity index (χ1) is 16.8. The van der Waals surface area contributed by atoms with Crippen molar-refractivity contribution in [2.75, 3.05) is 31.9 Å². The van der Waals surface area contributed by atoms with Gasteiger partial charge in [-0.15, -0.1) is 11.8 Å². The summed E-state index contributed by atoms with van der Waals surface area (Å²) in [6, 6.07) is 27.8. The van der Waals surface area contributed by atoms with Crippen LogP contribution in [0.25, 0.3) is 0 Å². The Morgan fingerprint density at radius 1 is 0.882 bits per heavy atom. The fraction of sp³-hybridized carbons (Fsp3) is 0.333. The molecule has 0 saturated carbocycles.